The predicted octanol–water partition coefficient (Wildman–Crippen LogP) is 9.10. The molecule has 0 aromatic carbocycles. The fourth-order valence-electron chi connectivity index (χ4n) is 3.97. The molecule has 0 amide bonds. The second-order valence-corrected chi connectivity index (χ2v) is 11.5. The van der Waals surface area contributed by atoms with E-state index in [9.17, 15) is 0 Å². The number of hydrogen-bond donors (Lipinski definition) is 0. The van der Waals surface area contributed by atoms with Gasteiger partial charge in [-0.2, -0.15) is 0 Å². The summed E-state index contributed by atoms with van der Waals surface area (Å²) in [4.78, 5) is 4.94. The van der Waals surface area contributed by atoms with Crippen LogP contribution < -0.4 is 0 Å². The summed E-state index contributed by atoms with van der Waals surface area (Å²) in [6.07, 6.45) is 26.2. The lowest BCUT2D eigenvalue weighted by Crippen LogP contribution is -2.44. The predicted molar refractivity (Wildman–Crippen MR) is 140 cm³/mol. The molecule has 4 nitrogen and oxygen atoms in total. The van der Waals surface area contributed by atoms with Gasteiger partial charge in [-0.25, -0.2) is 9.46 Å². The molecular formula is C27H56O4Si. The second-order valence-electron chi connectivity index (χ2n) is 9.12. The smallest absolute Gasteiger partial charge is 0.369 e. The molecule has 0 aliphatic rings. The van der Waals surface area contributed by atoms with Gasteiger partial charge in [0.05, 0.1) is 7.11 Å². The molecule has 0 rings (SSSR count). The van der Waals surface area contributed by atoms with Crippen molar-refractivity contribution in [2.45, 2.75) is 142 Å². The lowest BCUT2D eigenvalue weighted by Gasteiger charge is -2.24. The molecule has 32 heavy (non-hydrogen) atoms. The van der Waals surface area contributed by atoms with E-state index in [0.717, 1.165) is 12.8 Å². The van der Waals surface area contributed by atoms with E-state index in [-0.39, 0.29) is 0 Å². The lowest BCUT2D eigenvalue weighted by atomic mass is 10.1. The third kappa shape index (κ3) is 20.4. The minimum Gasteiger partial charge on any atom is -0.369 e. The van der Waals surface area contributed by atoms with Crippen LogP contribution in [-0.2, 0) is 18.3 Å². The molecule has 0 spiro atoms. The Hall–Kier alpha value is -0.203. The van der Waals surface area contributed by atoms with Gasteiger partial charge in [0.25, 0.3) is 0 Å². The van der Waals surface area contributed by atoms with Crippen LogP contribution in [0, 0.1) is 0 Å². The van der Waals surface area contributed by atoms with Crippen molar-refractivity contribution in [1.82, 2.24) is 0 Å². The van der Waals surface area contributed by atoms with Gasteiger partial charge >= 0.3 is 8.80 Å². The summed E-state index contributed by atoms with van der Waals surface area (Å²) in [5, 5.41) is 0. The normalized spacial score (nSPS) is 11.8. The molecule has 0 saturated carbocycles. The average Bonchev–Trinajstić information content (AvgIpc) is 2.81. The summed E-state index contributed by atoms with van der Waals surface area (Å²) >= 11 is 0. The monoisotopic (exact) mass is 472 g/mol. The highest BCUT2D eigenvalue weighted by molar-refractivity contribution is 6.65. The van der Waals surface area contributed by atoms with Crippen LogP contribution in [0.1, 0.15) is 142 Å². The van der Waals surface area contributed by atoms with Crippen molar-refractivity contribution in [3.63, 3.8) is 0 Å². The minimum atomic E-state index is -2.92. The summed E-state index contributed by atoms with van der Waals surface area (Å²) < 4.78 is 17.5. The van der Waals surface area contributed by atoms with E-state index < -0.39 is 8.80 Å². The molecule has 192 valence electrons. The van der Waals surface area contributed by atoms with Crippen LogP contribution in [0.4, 0.5) is 0 Å². The van der Waals surface area contributed by atoms with Crippen LogP contribution in [0.5, 0.6) is 0 Å². The van der Waals surface area contributed by atoms with Gasteiger partial charge in [-0.3, -0.25) is 0 Å². The Morgan fingerprint density at radius 2 is 0.844 bits per heavy atom. The van der Waals surface area contributed by atoms with Crippen molar-refractivity contribution in [3.8, 4) is 0 Å². The first-order valence-corrected chi connectivity index (χ1v) is 15.7. The molecule has 0 aromatic rings. The van der Waals surface area contributed by atoms with Crippen molar-refractivity contribution in [2.24, 2.45) is 0 Å². The van der Waals surface area contributed by atoms with Crippen LogP contribution in [0.2, 0.25) is 0 Å². The van der Waals surface area contributed by atoms with Gasteiger partial charge < -0.3 is 8.85 Å². The van der Waals surface area contributed by atoms with E-state index in [1.54, 1.807) is 5.70 Å². The van der Waals surface area contributed by atoms with Crippen molar-refractivity contribution in [3.05, 3.63) is 12.3 Å². The van der Waals surface area contributed by atoms with Gasteiger partial charge in [-0.15, -0.1) is 0 Å². The van der Waals surface area contributed by atoms with E-state index in [1.807, 2.05) is 0 Å². The van der Waals surface area contributed by atoms with Crippen molar-refractivity contribution >= 4 is 8.80 Å². The Morgan fingerprint density at radius 1 is 0.531 bits per heavy atom. The first kappa shape index (κ1) is 31.8. The van der Waals surface area contributed by atoms with Crippen LogP contribution in [0.25, 0.3) is 0 Å². The molecule has 5 heteroatoms. The summed E-state index contributed by atoms with van der Waals surface area (Å²) in [5.74, 6) is 0. The largest absolute Gasteiger partial charge is 0.557 e. The highest BCUT2D eigenvalue weighted by Crippen LogP contribution is 2.16. The SMILES string of the molecule is C=C[Si](OCCCCCCCCCCCC)(OCCCCCCCCCCCC)OOC. The highest BCUT2D eigenvalue weighted by Gasteiger charge is 2.39. The Morgan fingerprint density at radius 3 is 1.12 bits per heavy atom. The van der Waals surface area contributed by atoms with Crippen molar-refractivity contribution in [1.29, 1.82) is 0 Å². The Balaban J connectivity index is 3.75. The maximum atomic E-state index is 6.03. The zero-order chi connectivity index (χ0) is 23.6. The van der Waals surface area contributed by atoms with Crippen molar-refractivity contribution in [2.75, 3.05) is 20.3 Å². The summed E-state index contributed by atoms with van der Waals surface area (Å²) in [7, 11) is -1.40. The minimum absolute atomic E-state index is 0.649. The van der Waals surface area contributed by atoms with Gasteiger partial charge in [0.2, 0.25) is 0 Å². The third-order valence-corrected chi connectivity index (χ3v) is 8.16. The van der Waals surface area contributed by atoms with Crippen LogP contribution >= 0.6 is 0 Å². The van der Waals surface area contributed by atoms with Crippen LogP contribution in [0.15, 0.2) is 12.3 Å². The quantitative estimate of drug-likeness (QED) is 0.0517. The molecule has 0 saturated heterocycles. The molecule has 0 radical (unpaired) electrons. The van der Waals surface area contributed by atoms with Gasteiger partial charge in [0.15, 0.2) is 0 Å². The zero-order valence-electron chi connectivity index (χ0n) is 22.0. The Bertz CT molecular complexity index is 353. The topological polar surface area (TPSA) is 36.9 Å². The fourth-order valence-corrected chi connectivity index (χ4v) is 5.54. The Kier molecular flexibility index (Phi) is 25.3. The molecule has 0 aliphatic heterocycles. The highest BCUT2D eigenvalue weighted by atomic mass is 28.4. The first-order valence-electron chi connectivity index (χ1n) is 13.9. The second kappa shape index (κ2) is 25.4. The molecule has 0 aromatic heterocycles. The van der Waals surface area contributed by atoms with Crippen LogP contribution in [0.3, 0.4) is 0 Å². The van der Waals surface area contributed by atoms with Crippen molar-refractivity contribution < 1.29 is 18.3 Å². The number of hydrogen-bond acceptors (Lipinski definition) is 4. The van der Waals surface area contributed by atoms with E-state index in [2.05, 4.69) is 20.4 Å². The summed E-state index contributed by atoms with van der Waals surface area (Å²) in [6.45, 7) is 9.74. The standard InChI is InChI=1S/C27H56O4Si/c1-5-8-10-12-14-16-18-20-22-24-26-29-32(7-3,31-28-4)30-27-25-23-21-19-17-15-13-11-9-6-2/h7H,3,5-6,8-27H2,1-2,4H3. The average molecular weight is 473 g/mol. The van der Waals surface area contributed by atoms with Crippen LogP contribution in [-0.4, -0.2) is 29.1 Å². The summed E-state index contributed by atoms with van der Waals surface area (Å²) in [6, 6.07) is 0. The molecule has 0 unspecified atom stereocenters. The molecule has 0 fully saturated rings. The molecule has 0 bridgehead atoms. The molecular weight excluding hydrogens is 416 g/mol. The van der Waals surface area contributed by atoms with Gasteiger partial charge in [0, 0.05) is 13.2 Å². The molecule has 0 N–H and O–H groups in total. The number of rotatable bonds is 27. The van der Waals surface area contributed by atoms with E-state index in [1.165, 1.54) is 123 Å². The van der Waals surface area contributed by atoms with Gasteiger partial charge in [-0.1, -0.05) is 136 Å². The van der Waals surface area contributed by atoms with E-state index >= 15 is 0 Å². The van der Waals surface area contributed by atoms with E-state index in [0.29, 0.717) is 13.2 Å². The fraction of sp³-hybridized carbons (Fsp3) is 0.926. The summed E-state index contributed by atoms with van der Waals surface area (Å²) in [5.41, 5.74) is 1.70. The molecule has 0 aliphatic carbocycles. The maximum absolute atomic E-state index is 6.03. The maximum Gasteiger partial charge on any atom is 0.557 e. The third-order valence-electron chi connectivity index (χ3n) is 6.05. The zero-order valence-corrected chi connectivity index (χ0v) is 23.0. The van der Waals surface area contributed by atoms with Gasteiger partial charge in [-0.05, 0) is 18.5 Å². The first-order chi connectivity index (χ1) is 15.7. The van der Waals surface area contributed by atoms with E-state index in [4.69, 9.17) is 18.3 Å². The number of unbranched alkanes of at least 4 members (excludes halogenated alkanes) is 18. The molecule has 0 heterocycles. The van der Waals surface area contributed by atoms with Gasteiger partial charge in [0.1, 0.15) is 0 Å². The Labute approximate surface area is 202 Å². The molecule has 0 atom stereocenters. The lowest BCUT2D eigenvalue weighted by molar-refractivity contribution is -0.225.